The fourth-order valence-corrected chi connectivity index (χ4v) is 6.66. The van der Waals surface area contributed by atoms with Crippen molar-refractivity contribution in [3.63, 3.8) is 0 Å². The van der Waals surface area contributed by atoms with E-state index in [4.69, 9.17) is 4.42 Å². The minimum absolute atomic E-state index is 0.00363. The Hall–Kier alpha value is -2.65. The fraction of sp³-hybridized carbons (Fsp3) is 0.348. The molecule has 1 aliphatic rings. The van der Waals surface area contributed by atoms with E-state index in [1.165, 1.54) is 11.8 Å². The number of aromatic nitrogens is 2. The number of nitrogens with one attached hydrogen (secondary N) is 1. The van der Waals surface area contributed by atoms with E-state index in [9.17, 15) is 13.2 Å². The number of carbonyl (C=O) groups is 1. The van der Waals surface area contributed by atoms with Crippen molar-refractivity contribution in [2.75, 3.05) is 16.8 Å². The number of thioether (sulfide) groups is 1. The number of aryl methyl sites for hydroxylation is 2. The van der Waals surface area contributed by atoms with Crippen molar-refractivity contribution in [1.82, 2.24) is 10.2 Å². The Bertz CT molecular complexity index is 1190. The summed E-state index contributed by atoms with van der Waals surface area (Å²) in [5.74, 6) is 0.574. The maximum absolute atomic E-state index is 13.2. The maximum atomic E-state index is 13.2. The molecule has 1 aromatic heterocycles. The van der Waals surface area contributed by atoms with Crippen LogP contribution in [-0.4, -0.2) is 36.0 Å². The average Bonchev–Trinajstić information content (AvgIpc) is 3.31. The first kappa shape index (κ1) is 22.5. The molecule has 1 aliphatic heterocycles. The van der Waals surface area contributed by atoms with Crippen LogP contribution < -0.4 is 5.32 Å². The van der Waals surface area contributed by atoms with Gasteiger partial charge in [0.25, 0.3) is 5.22 Å². The van der Waals surface area contributed by atoms with Gasteiger partial charge in [-0.2, -0.15) is 0 Å². The summed E-state index contributed by atoms with van der Waals surface area (Å²) in [6.45, 7) is 3.98. The van der Waals surface area contributed by atoms with E-state index in [1.807, 2.05) is 56.3 Å². The third kappa shape index (κ3) is 5.77. The van der Waals surface area contributed by atoms with Gasteiger partial charge in [-0.05, 0) is 66.8 Å². The number of carbonyl (C=O) groups excluding carboxylic acids is 1. The quantitative estimate of drug-likeness (QED) is 0.517. The maximum Gasteiger partial charge on any atom is 0.277 e. The van der Waals surface area contributed by atoms with Crippen LogP contribution in [0.3, 0.4) is 0 Å². The van der Waals surface area contributed by atoms with Gasteiger partial charge in [-0.3, -0.25) is 4.79 Å². The summed E-state index contributed by atoms with van der Waals surface area (Å²) in [7, 11) is -2.96. The molecule has 168 valence electrons. The normalized spacial score (nSPS) is 18.4. The zero-order chi connectivity index (χ0) is 22.7. The number of nitrogens with zero attached hydrogens (tertiary/aromatic N) is 2. The molecule has 1 N–H and O–H groups in total. The number of sulfone groups is 1. The molecule has 0 unspecified atom stereocenters. The van der Waals surface area contributed by atoms with Gasteiger partial charge in [0, 0.05) is 12.1 Å². The molecular weight excluding hydrogens is 446 g/mol. The first-order valence-electron chi connectivity index (χ1n) is 10.4. The van der Waals surface area contributed by atoms with Gasteiger partial charge in [-0.1, -0.05) is 36.4 Å². The second-order valence-corrected chi connectivity index (χ2v) is 11.5. The van der Waals surface area contributed by atoms with E-state index in [-0.39, 0.29) is 28.6 Å². The van der Waals surface area contributed by atoms with Crippen LogP contribution in [0.1, 0.15) is 34.3 Å². The molecule has 0 radical (unpaired) electrons. The Morgan fingerprint density at radius 1 is 1.16 bits per heavy atom. The highest BCUT2D eigenvalue weighted by Crippen LogP contribution is 2.36. The van der Waals surface area contributed by atoms with E-state index in [1.54, 1.807) is 0 Å². The lowest BCUT2D eigenvalue weighted by atomic mass is 10.1. The van der Waals surface area contributed by atoms with Gasteiger partial charge < -0.3 is 9.73 Å². The van der Waals surface area contributed by atoms with Crippen molar-refractivity contribution in [3.8, 4) is 0 Å². The molecule has 9 heteroatoms. The molecule has 2 aromatic carbocycles. The van der Waals surface area contributed by atoms with Gasteiger partial charge in [0.2, 0.25) is 11.8 Å². The molecular formula is C23H25N3O4S2. The Kier molecular flexibility index (Phi) is 6.66. The predicted molar refractivity (Wildman–Crippen MR) is 124 cm³/mol. The van der Waals surface area contributed by atoms with E-state index in [0.717, 1.165) is 22.4 Å². The Morgan fingerprint density at radius 2 is 1.88 bits per heavy atom. The molecule has 0 aliphatic carbocycles. The standard InChI is InChI=1S/C23H25N3O4S2/c1-15-10-16(2)12-19(11-15)24-22(27)21(18-6-4-3-5-7-18)31-23-26-25-20(30-23)13-17-8-9-32(28,29)14-17/h3-7,10-12,17,21H,8-9,13-14H2,1-2H3,(H,24,27)/t17-,21+/m1/s1. The first-order valence-corrected chi connectivity index (χ1v) is 13.1. The van der Waals surface area contributed by atoms with Gasteiger partial charge in [0.1, 0.15) is 5.25 Å². The summed E-state index contributed by atoms with van der Waals surface area (Å²) in [6.07, 6.45) is 1.04. The number of benzene rings is 2. The lowest BCUT2D eigenvalue weighted by Gasteiger charge is -2.16. The number of hydrogen-bond donors (Lipinski definition) is 1. The second kappa shape index (κ2) is 9.46. The molecule has 1 saturated heterocycles. The molecule has 2 atom stereocenters. The zero-order valence-electron chi connectivity index (χ0n) is 17.9. The summed E-state index contributed by atoms with van der Waals surface area (Å²) in [5, 5.41) is 10.9. The highest BCUT2D eigenvalue weighted by Gasteiger charge is 2.30. The molecule has 1 fully saturated rings. The monoisotopic (exact) mass is 471 g/mol. The first-order chi connectivity index (χ1) is 15.3. The third-order valence-corrected chi connectivity index (χ3v) is 8.21. The topological polar surface area (TPSA) is 102 Å². The third-order valence-electron chi connectivity index (χ3n) is 5.29. The Labute approximate surface area is 191 Å². The molecule has 0 saturated carbocycles. The van der Waals surface area contributed by atoms with E-state index in [0.29, 0.717) is 18.7 Å². The van der Waals surface area contributed by atoms with Crippen molar-refractivity contribution in [2.45, 2.75) is 37.2 Å². The number of anilines is 1. The van der Waals surface area contributed by atoms with Crippen LogP contribution in [0.5, 0.6) is 0 Å². The minimum Gasteiger partial charge on any atom is -0.416 e. The second-order valence-electron chi connectivity index (χ2n) is 8.21. The van der Waals surface area contributed by atoms with E-state index < -0.39 is 15.1 Å². The number of rotatable bonds is 7. The molecule has 7 nitrogen and oxygen atoms in total. The number of amides is 1. The van der Waals surface area contributed by atoms with Crippen molar-refractivity contribution < 1.29 is 17.6 Å². The van der Waals surface area contributed by atoms with E-state index in [2.05, 4.69) is 21.6 Å². The summed E-state index contributed by atoms with van der Waals surface area (Å²) in [6, 6.07) is 15.3. The van der Waals surface area contributed by atoms with Crippen LogP contribution in [0.15, 0.2) is 58.2 Å². The minimum atomic E-state index is -2.96. The lowest BCUT2D eigenvalue weighted by Crippen LogP contribution is -2.19. The molecule has 3 aromatic rings. The molecule has 1 amide bonds. The SMILES string of the molecule is Cc1cc(C)cc(NC(=O)[C@@H](Sc2nnc(C[C@H]3CCS(=O)(=O)C3)o2)c2ccccc2)c1. The van der Waals surface area contributed by atoms with Gasteiger partial charge in [-0.15, -0.1) is 10.2 Å². The summed E-state index contributed by atoms with van der Waals surface area (Å²) < 4.78 is 29.2. The summed E-state index contributed by atoms with van der Waals surface area (Å²) >= 11 is 1.19. The summed E-state index contributed by atoms with van der Waals surface area (Å²) in [5.41, 5.74) is 3.70. The van der Waals surface area contributed by atoms with Gasteiger partial charge in [0.05, 0.1) is 11.5 Å². The van der Waals surface area contributed by atoms with Crippen LogP contribution in [0.2, 0.25) is 0 Å². The van der Waals surface area contributed by atoms with Gasteiger partial charge in [-0.25, -0.2) is 8.42 Å². The van der Waals surface area contributed by atoms with Crippen molar-refractivity contribution in [2.24, 2.45) is 5.92 Å². The smallest absolute Gasteiger partial charge is 0.277 e. The zero-order valence-corrected chi connectivity index (χ0v) is 19.6. The lowest BCUT2D eigenvalue weighted by molar-refractivity contribution is -0.115. The fourth-order valence-electron chi connectivity index (χ4n) is 3.90. The largest absolute Gasteiger partial charge is 0.416 e. The molecule has 2 heterocycles. The predicted octanol–water partition coefficient (Wildman–Crippen LogP) is 4.14. The highest BCUT2D eigenvalue weighted by molar-refractivity contribution is 8.00. The van der Waals surface area contributed by atoms with E-state index >= 15 is 0 Å². The van der Waals surface area contributed by atoms with Crippen LogP contribution in [0, 0.1) is 19.8 Å². The Morgan fingerprint density at radius 3 is 2.53 bits per heavy atom. The van der Waals surface area contributed by atoms with Crippen LogP contribution in [0.4, 0.5) is 5.69 Å². The van der Waals surface area contributed by atoms with Crippen molar-refractivity contribution >= 4 is 33.2 Å². The van der Waals surface area contributed by atoms with Gasteiger partial charge >= 0.3 is 0 Å². The number of hydrogen-bond acceptors (Lipinski definition) is 7. The molecule has 0 bridgehead atoms. The van der Waals surface area contributed by atoms with Crippen molar-refractivity contribution in [3.05, 3.63) is 71.1 Å². The van der Waals surface area contributed by atoms with Crippen molar-refractivity contribution in [1.29, 1.82) is 0 Å². The Balaban J connectivity index is 1.50. The summed E-state index contributed by atoms with van der Waals surface area (Å²) in [4.78, 5) is 13.2. The van der Waals surface area contributed by atoms with Gasteiger partial charge in [0.15, 0.2) is 9.84 Å². The molecule has 4 rings (SSSR count). The highest BCUT2D eigenvalue weighted by atomic mass is 32.2. The molecule has 32 heavy (non-hydrogen) atoms. The van der Waals surface area contributed by atoms with Crippen LogP contribution in [-0.2, 0) is 21.1 Å². The average molecular weight is 472 g/mol. The molecule has 0 spiro atoms. The van der Waals surface area contributed by atoms with Crippen LogP contribution >= 0.6 is 11.8 Å². The van der Waals surface area contributed by atoms with Crippen LogP contribution in [0.25, 0.3) is 0 Å².